The molecule has 5 heteroatoms. The van der Waals surface area contributed by atoms with E-state index in [9.17, 15) is 0 Å². The molecule has 0 heterocycles. The smallest absolute Gasteiger partial charge is 1.00 e. The minimum atomic E-state index is -2.56. The van der Waals surface area contributed by atoms with Crippen molar-refractivity contribution in [2.75, 3.05) is 0 Å². The summed E-state index contributed by atoms with van der Waals surface area (Å²) in [7, 11) is -2.56. The van der Waals surface area contributed by atoms with Crippen LogP contribution >= 0.6 is 0 Å². The second-order valence-electron chi connectivity index (χ2n) is 13.2. The van der Waals surface area contributed by atoms with E-state index in [4.69, 9.17) is 0 Å². The van der Waals surface area contributed by atoms with Gasteiger partial charge in [-0.05, 0) is 0 Å². The Hall–Kier alpha value is -1.06. The predicted molar refractivity (Wildman–Crippen MR) is 179 cm³/mol. The fraction of sp³-hybridized carbons (Fsp3) is 0.436. The van der Waals surface area contributed by atoms with Gasteiger partial charge in [0.15, 0.2) is 0 Å². The van der Waals surface area contributed by atoms with Crippen LogP contribution in [0.1, 0.15) is 96.8 Å². The first-order chi connectivity index (χ1) is 19.7. The number of allylic oxidation sites excluding steroid dienone is 4. The normalized spacial score (nSPS) is 16.0. The topological polar surface area (TPSA) is 0 Å². The summed E-state index contributed by atoms with van der Waals surface area (Å²) in [5.41, 5.74) is 5.95. The van der Waals surface area contributed by atoms with E-state index in [1.54, 1.807) is 0 Å². The molecule has 0 spiro atoms. The average molecular weight is 702 g/mol. The van der Waals surface area contributed by atoms with Crippen molar-refractivity contribution in [3.05, 3.63) is 113 Å². The summed E-state index contributed by atoms with van der Waals surface area (Å²) in [6, 6.07) is 29.5. The summed E-state index contributed by atoms with van der Waals surface area (Å²) in [6.45, 7) is 13.9. The number of unbranched alkanes of at least 4 members (excludes halogenated alkanes) is 3. The summed E-state index contributed by atoms with van der Waals surface area (Å²) < 4.78 is -0.0869. The monoisotopic (exact) mass is 700 g/mol. The van der Waals surface area contributed by atoms with E-state index in [1.807, 2.05) is 0 Å². The molecule has 1 aliphatic carbocycles. The quantitative estimate of drug-likeness (QED) is 0.174. The van der Waals surface area contributed by atoms with Crippen molar-refractivity contribution in [2.24, 2.45) is 5.41 Å². The van der Waals surface area contributed by atoms with E-state index < -0.39 is 8.07 Å². The zero-order valence-corrected chi connectivity index (χ0v) is 32.5. The van der Waals surface area contributed by atoms with Gasteiger partial charge in [0.2, 0.25) is 0 Å². The van der Waals surface area contributed by atoms with Crippen molar-refractivity contribution in [1.29, 1.82) is 0 Å². The van der Waals surface area contributed by atoms with E-state index in [-0.39, 0.29) is 46.0 Å². The number of aryl methyl sites for hydroxylation is 3. The van der Waals surface area contributed by atoms with Crippen LogP contribution in [0.2, 0.25) is 3.34 Å². The Balaban J connectivity index is 0.00000323. The van der Waals surface area contributed by atoms with Crippen molar-refractivity contribution in [3.8, 4) is 0 Å². The Labute approximate surface area is 300 Å². The second kappa shape index (κ2) is 18.3. The van der Waals surface area contributed by atoms with Gasteiger partial charge in [-0.25, -0.2) is 0 Å². The summed E-state index contributed by atoms with van der Waals surface area (Å²) in [6.07, 6.45) is 18.6. The van der Waals surface area contributed by atoms with Gasteiger partial charge in [0.1, 0.15) is 0 Å². The maximum atomic E-state index is 2.64. The van der Waals surface area contributed by atoms with Crippen molar-refractivity contribution < 1.29 is 57.7 Å². The molecule has 1 aliphatic rings. The van der Waals surface area contributed by atoms with Crippen LogP contribution in [-0.2, 0) is 39.7 Å². The Morgan fingerprint density at radius 1 is 0.568 bits per heavy atom. The molecule has 0 saturated heterocycles. The van der Waals surface area contributed by atoms with Crippen LogP contribution in [-0.4, -0.2) is 8.07 Å². The Bertz CT molecular complexity index is 1200. The molecule has 0 aliphatic heterocycles. The molecular formula is C39H51Cl3SiTi. The van der Waals surface area contributed by atoms with Gasteiger partial charge in [0, 0.05) is 0 Å². The third-order valence-corrected chi connectivity index (χ3v) is 16.4. The SMILES string of the molecule is CCCCc1ccc([Si](c2ccc(CCCC)cc2)(c2ccc(CCCC)cc2)[C]2([Ti+3])C=CC(C(C)(C)C)=C2)cc1.[Cl-].[Cl-].[Cl-]. The van der Waals surface area contributed by atoms with Gasteiger partial charge >= 0.3 is 265 Å². The van der Waals surface area contributed by atoms with Gasteiger partial charge in [-0.15, -0.1) is 0 Å². The number of halogens is 3. The van der Waals surface area contributed by atoms with Crippen LogP contribution in [0.15, 0.2) is 96.6 Å². The summed E-state index contributed by atoms with van der Waals surface area (Å²) in [5.74, 6) is 0. The molecule has 236 valence electrons. The van der Waals surface area contributed by atoms with Crippen LogP contribution in [0.25, 0.3) is 0 Å². The zero-order chi connectivity index (χ0) is 29.5. The molecule has 0 amide bonds. The number of benzene rings is 3. The van der Waals surface area contributed by atoms with Gasteiger partial charge < -0.3 is 37.2 Å². The van der Waals surface area contributed by atoms with Crippen LogP contribution < -0.4 is 52.8 Å². The molecular weight excluding hydrogens is 651 g/mol. The first kappa shape index (κ1) is 41.0. The minimum absolute atomic E-state index is 0. The molecule has 0 N–H and O–H groups in total. The fourth-order valence-corrected chi connectivity index (χ4v) is 13.9. The van der Waals surface area contributed by atoms with E-state index in [0.29, 0.717) is 0 Å². The van der Waals surface area contributed by atoms with Crippen molar-refractivity contribution in [2.45, 2.75) is 103 Å². The largest absolute Gasteiger partial charge is 1.00 e. The van der Waals surface area contributed by atoms with Crippen LogP contribution in [0.3, 0.4) is 0 Å². The van der Waals surface area contributed by atoms with Crippen molar-refractivity contribution >= 4 is 23.6 Å². The van der Waals surface area contributed by atoms with Crippen LogP contribution in [0.5, 0.6) is 0 Å². The molecule has 0 fully saturated rings. The van der Waals surface area contributed by atoms with Gasteiger partial charge in [0.25, 0.3) is 0 Å². The third-order valence-electron chi connectivity index (χ3n) is 9.01. The van der Waals surface area contributed by atoms with Gasteiger partial charge in [-0.3, -0.25) is 0 Å². The fourth-order valence-electron chi connectivity index (χ4n) is 6.39. The molecule has 0 aromatic heterocycles. The third kappa shape index (κ3) is 9.05. The van der Waals surface area contributed by atoms with E-state index in [1.165, 1.54) is 76.3 Å². The van der Waals surface area contributed by atoms with E-state index >= 15 is 0 Å². The molecule has 0 bridgehead atoms. The van der Waals surface area contributed by atoms with Crippen molar-refractivity contribution in [3.63, 3.8) is 0 Å². The first-order valence-electron chi connectivity index (χ1n) is 16.1. The van der Waals surface area contributed by atoms with Crippen molar-refractivity contribution in [1.82, 2.24) is 0 Å². The predicted octanol–water partition coefficient (Wildman–Crippen LogP) is -0.0164. The summed E-state index contributed by atoms with van der Waals surface area (Å²) >= 11 is 2.52. The number of hydrogen-bond acceptors (Lipinski definition) is 0. The molecule has 3 aromatic carbocycles. The molecule has 0 saturated carbocycles. The van der Waals surface area contributed by atoms with E-state index in [0.717, 1.165) is 19.3 Å². The van der Waals surface area contributed by atoms with Gasteiger partial charge in [0.05, 0.1) is 0 Å². The Morgan fingerprint density at radius 3 is 1.14 bits per heavy atom. The minimum Gasteiger partial charge on any atom is -1.00 e. The molecule has 3 aromatic rings. The van der Waals surface area contributed by atoms with Crippen LogP contribution in [0.4, 0.5) is 0 Å². The average Bonchev–Trinajstić information content (AvgIpc) is 3.40. The maximum Gasteiger partial charge on any atom is -1.00 e. The molecule has 1 atom stereocenters. The van der Waals surface area contributed by atoms with Crippen LogP contribution in [0, 0.1) is 5.41 Å². The molecule has 0 radical (unpaired) electrons. The van der Waals surface area contributed by atoms with Gasteiger partial charge in [-0.1, -0.05) is 0 Å². The standard InChI is InChI=1S/C39H51Si.3ClH.Ti/c1-7-10-13-31-16-23-35(24-17-31)40(38-29-22-34(30-38)39(4,5)6,36-25-18-32(19-26-36)14-11-8-2)37-27-20-33(21-28-37)15-12-9-3;;;;/h16-30H,7-15H2,1-6H3;3*1H;/q;;;;+3/p-3. The number of hydrogen-bond donors (Lipinski definition) is 0. The second-order valence-corrected chi connectivity index (χ2v) is 19.3. The Kier molecular flexibility index (Phi) is 17.1. The molecule has 0 nitrogen and oxygen atoms in total. The maximum absolute atomic E-state index is 2.64. The zero-order valence-electron chi connectivity index (χ0n) is 27.7. The van der Waals surface area contributed by atoms with Gasteiger partial charge in [-0.2, -0.15) is 0 Å². The molecule has 44 heavy (non-hydrogen) atoms. The number of rotatable bonds is 13. The first-order valence-corrected chi connectivity index (χ1v) is 18.9. The molecule has 1 unspecified atom stereocenters. The Morgan fingerprint density at radius 2 is 0.886 bits per heavy atom. The van der Waals surface area contributed by atoms with E-state index in [2.05, 4.69) is 153 Å². The summed E-state index contributed by atoms with van der Waals surface area (Å²) in [5, 5.41) is 4.54. The summed E-state index contributed by atoms with van der Waals surface area (Å²) in [4.78, 5) is 0. The molecule has 4 rings (SSSR count).